The lowest BCUT2D eigenvalue weighted by Crippen LogP contribution is -2.39. The van der Waals surface area contributed by atoms with Crippen molar-refractivity contribution in [2.45, 2.75) is 43.2 Å². The Morgan fingerprint density at radius 1 is 1.02 bits per heavy atom. The molecule has 0 radical (unpaired) electrons. The lowest BCUT2D eigenvalue weighted by Gasteiger charge is -2.31. The van der Waals surface area contributed by atoms with Gasteiger partial charge in [0.25, 0.3) is 0 Å². The van der Waals surface area contributed by atoms with E-state index in [2.05, 4.69) is 38.1 Å². The van der Waals surface area contributed by atoms with Gasteiger partial charge in [0.15, 0.2) is 5.82 Å². The number of carbonyl (C=O) groups excluding carboxylic acids is 1. The molecule has 0 spiro atoms. The van der Waals surface area contributed by atoms with Crippen molar-refractivity contribution in [3.05, 3.63) is 94.6 Å². The highest BCUT2D eigenvalue weighted by atomic mass is 35.5. The van der Waals surface area contributed by atoms with E-state index in [4.69, 9.17) is 26.8 Å². The second kappa shape index (κ2) is 15.8. The molecule has 1 fully saturated rings. The van der Waals surface area contributed by atoms with Crippen molar-refractivity contribution in [1.82, 2.24) is 14.3 Å². The molecule has 12 nitrogen and oxygen atoms in total. The highest BCUT2D eigenvalue weighted by Crippen LogP contribution is 2.31. The molecule has 2 aliphatic rings. The van der Waals surface area contributed by atoms with E-state index in [1.54, 1.807) is 6.20 Å². The number of sulfonamides is 1. The second-order valence-electron chi connectivity index (χ2n) is 11.8. The maximum atomic E-state index is 13.2. The number of carbonyl (C=O) groups is 2. The quantitative estimate of drug-likeness (QED) is 0.173. The predicted octanol–water partition coefficient (Wildman–Crippen LogP) is 6.65. The SMILES string of the molecule is N#Cc1ccc(S(=O)(=O)N2CCC(CC(=O)Nc3ccc4cc3CCc3cccc(c3)Nc3ncc(Cl)c(n3)N4)CC2)cc1.O=C(O)C(F)(F)F. The number of halogens is 4. The number of aryl methyl sites for hydroxylation is 2. The van der Waals surface area contributed by atoms with Gasteiger partial charge in [-0.05, 0) is 97.3 Å². The number of fused-ring (bicyclic) bond motifs is 6. The van der Waals surface area contributed by atoms with Crippen LogP contribution in [0.25, 0.3) is 0 Å². The van der Waals surface area contributed by atoms with Crippen LogP contribution in [0.1, 0.15) is 36.0 Å². The van der Waals surface area contributed by atoms with Crippen LogP contribution >= 0.6 is 11.6 Å². The fraction of sp³-hybridized carbons (Fsp3) is 0.265. The maximum absolute atomic E-state index is 13.2. The summed E-state index contributed by atoms with van der Waals surface area (Å²) >= 11 is 6.38. The first-order valence-corrected chi connectivity index (χ1v) is 17.4. The van der Waals surface area contributed by atoms with E-state index >= 15 is 0 Å². The van der Waals surface area contributed by atoms with Crippen molar-refractivity contribution < 1.29 is 36.3 Å². The number of nitrogens with one attached hydrogen (secondary N) is 3. The maximum Gasteiger partial charge on any atom is 0.490 e. The first-order valence-electron chi connectivity index (χ1n) is 15.6. The molecule has 4 N–H and O–H groups in total. The average molecular weight is 742 g/mol. The minimum Gasteiger partial charge on any atom is -0.475 e. The van der Waals surface area contributed by atoms with Gasteiger partial charge in [-0.2, -0.15) is 27.7 Å². The number of amides is 1. The summed E-state index contributed by atoms with van der Waals surface area (Å²) in [6, 6.07) is 21.7. The number of piperidine rings is 1. The molecule has 6 rings (SSSR count). The molecule has 0 unspecified atom stereocenters. The molecule has 0 atom stereocenters. The third kappa shape index (κ3) is 9.72. The zero-order valence-corrected chi connectivity index (χ0v) is 28.3. The van der Waals surface area contributed by atoms with Gasteiger partial charge in [0.2, 0.25) is 21.9 Å². The summed E-state index contributed by atoms with van der Waals surface area (Å²) in [5, 5.41) is 26.1. The standard InChI is InChI=1S/C32H30ClN7O3S.C2HF3O2/c33-28-20-35-32-37-25-3-1-2-21(16-25)4-7-24-18-26(36-31(28)39-32)8-11-29(24)38-30(41)17-22-12-14-40(15-13-22)44(42,43)27-9-5-23(19-34)6-10-27;3-2(4,5)1(6)7/h1-3,5-6,8-11,16,18,20,22H,4,7,12-15,17H2,(H,38,41)(H2,35,36,37,39);(H,6,7). The Hall–Kier alpha value is -5.24. The third-order valence-corrected chi connectivity index (χ3v) is 10.4. The van der Waals surface area contributed by atoms with Gasteiger partial charge in [0.1, 0.15) is 5.02 Å². The predicted molar refractivity (Wildman–Crippen MR) is 183 cm³/mol. The van der Waals surface area contributed by atoms with Gasteiger partial charge in [-0.1, -0.05) is 23.7 Å². The summed E-state index contributed by atoms with van der Waals surface area (Å²) in [5.74, 6) is -1.90. The number of hydrogen-bond donors (Lipinski definition) is 4. The van der Waals surface area contributed by atoms with Crippen molar-refractivity contribution in [1.29, 1.82) is 5.26 Å². The van der Waals surface area contributed by atoms with Crippen molar-refractivity contribution in [3.63, 3.8) is 0 Å². The molecular formula is C34H31ClF3N7O5S. The highest BCUT2D eigenvalue weighted by Gasteiger charge is 2.38. The molecule has 17 heteroatoms. The summed E-state index contributed by atoms with van der Waals surface area (Å²) in [4.78, 5) is 31.1. The van der Waals surface area contributed by atoms with E-state index < -0.39 is 22.2 Å². The van der Waals surface area contributed by atoms with Crippen LogP contribution in [0, 0.1) is 17.2 Å². The van der Waals surface area contributed by atoms with Gasteiger partial charge in [0, 0.05) is 36.6 Å². The lowest BCUT2D eigenvalue weighted by atomic mass is 9.94. The van der Waals surface area contributed by atoms with Crippen LogP contribution in [0.15, 0.2) is 77.8 Å². The van der Waals surface area contributed by atoms with Gasteiger partial charge < -0.3 is 21.1 Å². The number of nitriles is 1. The largest absolute Gasteiger partial charge is 0.490 e. The number of aromatic nitrogens is 2. The number of aliphatic carboxylic acids is 1. The molecule has 3 aromatic carbocycles. The molecule has 51 heavy (non-hydrogen) atoms. The van der Waals surface area contributed by atoms with E-state index in [-0.39, 0.29) is 16.7 Å². The van der Waals surface area contributed by atoms with Crippen molar-refractivity contribution in [3.8, 4) is 6.07 Å². The van der Waals surface area contributed by atoms with Crippen LogP contribution < -0.4 is 16.0 Å². The molecule has 266 valence electrons. The summed E-state index contributed by atoms with van der Waals surface area (Å²) in [7, 11) is -3.65. The number of anilines is 5. The molecular weight excluding hydrogens is 711 g/mol. The van der Waals surface area contributed by atoms with Crippen molar-refractivity contribution >= 4 is 62.3 Å². The van der Waals surface area contributed by atoms with Crippen molar-refractivity contribution in [2.75, 3.05) is 29.0 Å². The Morgan fingerprint density at radius 2 is 1.71 bits per heavy atom. The van der Waals surface area contributed by atoms with Gasteiger partial charge in [-0.15, -0.1) is 0 Å². The summed E-state index contributed by atoms with van der Waals surface area (Å²) < 4.78 is 59.4. The summed E-state index contributed by atoms with van der Waals surface area (Å²) in [6.45, 7) is 0.681. The number of alkyl halides is 3. The second-order valence-corrected chi connectivity index (χ2v) is 14.1. The zero-order valence-electron chi connectivity index (χ0n) is 26.7. The molecule has 4 aromatic rings. The zero-order chi connectivity index (χ0) is 36.8. The number of carboxylic acid groups (broad SMARTS) is 1. The molecule has 0 aliphatic carbocycles. The molecule has 3 heterocycles. The van der Waals surface area contributed by atoms with Crippen LogP contribution in [0.4, 0.5) is 42.0 Å². The first-order chi connectivity index (χ1) is 24.2. The summed E-state index contributed by atoms with van der Waals surface area (Å²) in [5.41, 5.74) is 4.89. The monoisotopic (exact) mass is 741 g/mol. The van der Waals surface area contributed by atoms with E-state index in [1.807, 2.05) is 36.4 Å². The van der Waals surface area contributed by atoms with Crippen LogP contribution in [0.3, 0.4) is 0 Å². The van der Waals surface area contributed by atoms with Crippen molar-refractivity contribution in [2.24, 2.45) is 5.92 Å². The van der Waals surface area contributed by atoms with E-state index in [9.17, 15) is 26.4 Å². The topological polar surface area (TPSA) is 177 Å². The van der Waals surface area contributed by atoms with Crippen LogP contribution in [-0.4, -0.2) is 58.9 Å². The number of benzene rings is 3. The van der Waals surface area contributed by atoms with Gasteiger partial charge in [-0.25, -0.2) is 18.2 Å². The number of carboxylic acids is 1. The number of hydrogen-bond acceptors (Lipinski definition) is 9. The lowest BCUT2D eigenvalue weighted by molar-refractivity contribution is -0.192. The Bertz CT molecular complexity index is 2070. The number of rotatable bonds is 5. The van der Waals surface area contributed by atoms with E-state index in [0.29, 0.717) is 61.1 Å². The minimum absolute atomic E-state index is 0.0674. The van der Waals surface area contributed by atoms with Gasteiger partial charge in [0.05, 0.1) is 22.7 Å². The molecule has 0 saturated carbocycles. The average Bonchev–Trinajstić information content (AvgIpc) is 3.10. The fourth-order valence-electron chi connectivity index (χ4n) is 5.53. The Morgan fingerprint density at radius 3 is 2.37 bits per heavy atom. The Kier molecular flexibility index (Phi) is 11.4. The summed E-state index contributed by atoms with van der Waals surface area (Å²) in [6.07, 6.45) is -0.609. The third-order valence-electron chi connectivity index (χ3n) is 8.16. The normalized spacial score (nSPS) is 14.8. The fourth-order valence-corrected chi connectivity index (χ4v) is 7.14. The molecule has 2 aliphatic heterocycles. The molecule has 1 aromatic heterocycles. The Balaban J connectivity index is 0.000000654. The number of nitrogens with zero attached hydrogens (tertiary/aromatic N) is 4. The van der Waals surface area contributed by atoms with E-state index in [0.717, 1.165) is 34.6 Å². The van der Waals surface area contributed by atoms with Crippen LogP contribution in [-0.2, 0) is 32.5 Å². The molecule has 1 amide bonds. The highest BCUT2D eigenvalue weighted by molar-refractivity contribution is 7.89. The van der Waals surface area contributed by atoms with E-state index in [1.165, 1.54) is 28.6 Å². The Labute approximate surface area is 296 Å². The minimum atomic E-state index is -5.08. The van der Waals surface area contributed by atoms with Crippen LogP contribution in [0.2, 0.25) is 5.02 Å². The van der Waals surface area contributed by atoms with Gasteiger partial charge in [-0.3, -0.25) is 4.79 Å². The first kappa shape index (κ1) is 37.0. The smallest absolute Gasteiger partial charge is 0.475 e. The van der Waals surface area contributed by atoms with Gasteiger partial charge >= 0.3 is 12.1 Å². The molecule has 1 saturated heterocycles. The van der Waals surface area contributed by atoms with Crippen LogP contribution in [0.5, 0.6) is 0 Å². The molecule has 6 bridgehead atoms.